The molecular weight excluding hydrogens is 314 g/mol. The lowest BCUT2D eigenvalue weighted by molar-refractivity contribution is 0.701. The average Bonchev–Trinajstić information content (AvgIpc) is 2.99. The van der Waals surface area contributed by atoms with Crippen molar-refractivity contribution in [2.24, 2.45) is 0 Å². The van der Waals surface area contributed by atoms with Gasteiger partial charge in [0, 0.05) is 17.3 Å². The molecule has 1 nitrogen and oxygen atoms in total. The van der Waals surface area contributed by atoms with Gasteiger partial charge in [0.2, 0.25) is 0 Å². The molecule has 3 rings (SSSR count). The lowest BCUT2D eigenvalue weighted by Gasteiger charge is -2.22. The van der Waals surface area contributed by atoms with Crippen LogP contribution in [0.2, 0.25) is 0 Å². The van der Waals surface area contributed by atoms with Gasteiger partial charge >= 0.3 is 0 Å². The summed E-state index contributed by atoms with van der Waals surface area (Å²) in [6.07, 6.45) is 6.66. The van der Waals surface area contributed by atoms with E-state index < -0.39 is 0 Å². The fourth-order valence-corrected chi connectivity index (χ4v) is 4.24. The van der Waals surface area contributed by atoms with E-state index in [1.807, 2.05) is 0 Å². The first-order valence-electron chi connectivity index (χ1n) is 10.0. The second-order valence-electron chi connectivity index (χ2n) is 7.55. The van der Waals surface area contributed by atoms with Gasteiger partial charge in [-0.2, -0.15) is 0 Å². The summed E-state index contributed by atoms with van der Waals surface area (Å²) in [5, 5.41) is 0. The molecular formula is C25H31N. The first-order valence-corrected chi connectivity index (χ1v) is 10.0. The van der Waals surface area contributed by atoms with E-state index in [1.165, 1.54) is 28.8 Å². The van der Waals surface area contributed by atoms with Crippen LogP contribution in [0.15, 0.2) is 60.2 Å². The highest BCUT2D eigenvalue weighted by molar-refractivity contribution is 5.77. The number of nitrogens with zero attached hydrogens (tertiary/aromatic N) is 1. The van der Waals surface area contributed by atoms with Gasteiger partial charge in [-0.25, -0.2) is 0 Å². The van der Waals surface area contributed by atoms with Crippen molar-refractivity contribution < 1.29 is 0 Å². The summed E-state index contributed by atoms with van der Waals surface area (Å²) in [7, 11) is 0. The Morgan fingerprint density at radius 1 is 1.08 bits per heavy atom. The van der Waals surface area contributed by atoms with Crippen molar-refractivity contribution in [3.05, 3.63) is 82.7 Å². The number of hydrogen-bond donors (Lipinski definition) is 0. The van der Waals surface area contributed by atoms with Gasteiger partial charge in [0.05, 0.1) is 0 Å². The van der Waals surface area contributed by atoms with Crippen LogP contribution in [0.1, 0.15) is 74.4 Å². The molecule has 136 valence electrons. The number of benzene rings is 1. The summed E-state index contributed by atoms with van der Waals surface area (Å²) in [6, 6.07) is 15.4. The smallest absolute Gasteiger partial charge is 0.0481 e. The zero-order valence-corrected chi connectivity index (χ0v) is 16.5. The van der Waals surface area contributed by atoms with Crippen LogP contribution in [-0.2, 0) is 6.42 Å². The summed E-state index contributed by atoms with van der Waals surface area (Å²) in [4.78, 5) is 4.91. The Hall–Kier alpha value is -2.15. The second-order valence-corrected chi connectivity index (χ2v) is 7.55. The quantitative estimate of drug-likeness (QED) is 0.468. The van der Waals surface area contributed by atoms with Crippen LogP contribution in [0.3, 0.4) is 0 Å². The van der Waals surface area contributed by atoms with E-state index in [4.69, 9.17) is 4.98 Å². The predicted octanol–water partition coefficient (Wildman–Crippen LogP) is 7.03. The summed E-state index contributed by atoms with van der Waals surface area (Å²) in [5.74, 6) is 0.350. The highest BCUT2D eigenvalue weighted by atomic mass is 14.7. The molecule has 0 saturated carbocycles. The minimum atomic E-state index is 0.350. The summed E-state index contributed by atoms with van der Waals surface area (Å²) >= 11 is 0. The monoisotopic (exact) mass is 345 g/mol. The van der Waals surface area contributed by atoms with Gasteiger partial charge in [-0.1, -0.05) is 74.7 Å². The average molecular weight is 346 g/mol. The number of aromatic nitrogens is 1. The molecule has 0 amide bonds. The fourth-order valence-electron chi connectivity index (χ4n) is 4.24. The highest BCUT2D eigenvalue weighted by Gasteiger charge is 2.28. The Morgan fingerprint density at radius 3 is 2.62 bits per heavy atom. The minimum absolute atomic E-state index is 0.350. The van der Waals surface area contributed by atoms with Crippen LogP contribution >= 0.6 is 0 Å². The topological polar surface area (TPSA) is 12.9 Å². The molecule has 0 unspecified atom stereocenters. The first-order chi connectivity index (χ1) is 12.6. The van der Waals surface area contributed by atoms with Crippen LogP contribution in [0.4, 0.5) is 0 Å². The van der Waals surface area contributed by atoms with Crippen LogP contribution in [-0.4, -0.2) is 4.98 Å². The third kappa shape index (κ3) is 3.98. The summed E-state index contributed by atoms with van der Waals surface area (Å²) < 4.78 is 0. The zero-order valence-electron chi connectivity index (χ0n) is 16.5. The zero-order chi connectivity index (χ0) is 18.5. The molecule has 0 N–H and O–H groups in total. The van der Waals surface area contributed by atoms with Crippen molar-refractivity contribution in [2.75, 3.05) is 0 Å². The van der Waals surface area contributed by atoms with Crippen molar-refractivity contribution in [1.29, 1.82) is 0 Å². The minimum Gasteiger partial charge on any atom is -0.258 e. The molecule has 0 radical (unpaired) electrons. The first kappa shape index (κ1) is 18.6. The molecule has 0 spiro atoms. The summed E-state index contributed by atoms with van der Waals surface area (Å²) in [6.45, 7) is 11.0. The number of aryl methyl sites for hydroxylation is 1. The maximum Gasteiger partial charge on any atom is 0.0481 e. The largest absolute Gasteiger partial charge is 0.258 e. The van der Waals surface area contributed by atoms with E-state index in [-0.39, 0.29) is 0 Å². The van der Waals surface area contributed by atoms with E-state index in [2.05, 4.69) is 69.8 Å². The Bertz CT molecular complexity index is 812. The third-order valence-corrected chi connectivity index (χ3v) is 5.39. The molecule has 2 aromatic rings. The molecule has 0 saturated heterocycles. The predicted molar refractivity (Wildman–Crippen MR) is 112 cm³/mol. The van der Waals surface area contributed by atoms with Gasteiger partial charge in [0.25, 0.3) is 0 Å². The molecule has 1 aromatic carbocycles. The maximum absolute atomic E-state index is 4.91. The van der Waals surface area contributed by atoms with E-state index in [1.54, 1.807) is 11.1 Å². The third-order valence-electron chi connectivity index (χ3n) is 5.39. The van der Waals surface area contributed by atoms with E-state index in [0.717, 1.165) is 37.8 Å². The molecule has 1 atom stereocenters. The van der Waals surface area contributed by atoms with Crippen molar-refractivity contribution in [3.63, 3.8) is 0 Å². The molecule has 0 fully saturated rings. The number of rotatable bonds is 8. The van der Waals surface area contributed by atoms with Crippen molar-refractivity contribution >= 4 is 5.57 Å². The summed E-state index contributed by atoms with van der Waals surface area (Å²) in [5.41, 5.74) is 9.72. The molecule has 1 aliphatic rings. The van der Waals surface area contributed by atoms with Crippen LogP contribution in [0, 0.1) is 6.92 Å². The number of allylic oxidation sites excluding steroid dienone is 3. The Balaban J connectivity index is 2.05. The van der Waals surface area contributed by atoms with Crippen LogP contribution in [0.25, 0.3) is 5.57 Å². The highest BCUT2D eigenvalue weighted by Crippen LogP contribution is 2.44. The van der Waals surface area contributed by atoms with Gasteiger partial charge in [-0.05, 0) is 61.4 Å². The van der Waals surface area contributed by atoms with E-state index >= 15 is 0 Å². The van der Waals surface area contributed by atoms with Crippen LogP contribution < -0.4 is 0 Å². The number of fused-ring (bicyclic) bond motifs is 1. The van der Waals surface area contributed by atoms with E-state index in [0.29, 0.717) is 5.92 Å². The Morgan fingerprint density at radius 2 is 1.88 bits per heavy atom. The van der Waals surface area contributed by atoms with Gasteiger partial charge in [0.1, 0.15) is 0 Å². The molecule has 0 bridgehead atoms. The number of pyridine rings is 1. The molecule has 0 aliphatic heterocycles. The Kier molecular flexibility index (Phi) is 6.08. The SMILES string of the molecule is C=C(CCC)C[C@@H](C1=C(CCC)c2ccccc2C1)c1cccc(C)n1. The Labute approximate surface area is 158 Å². The lowest BCUT2D eigenvalue weighted by Crippen LogP contribution is -2.08. The van der Waals surface area contributed by atoms with Crippen LogP contribution in [0.5, 0.6) is 0 Å². The standard InChI is InChI=1S/C25H31N/c1-5-10-18(3)16-24(25-15-9-12-19(4)26-25)23-17-20-13-7-8-14-21(20)22(23)11-6-2/h7-9,12-15,24H,3,5-6,10-11,16-17H2,1-2,4H3/t24-/m0/s1. The van der Waals surface area contributed by atoms with Gasteiger partial charge < -0.3 is 0 Å². The van der Waals surface area contributed by atoms with Crippen molar-refractivity contribution in [3.8, 4) is 0 Å². The van der Waals surface area contributed by atoms with Gasteiger partial charge in [-0.3, -0.25) is 4.98 Å². The van der Waals surface area contributed by atoms with Gasteiger partial charge in [0.15, 0.2) is 0 Å². The molecule has 26 heavy (non-hydrogen) atoms. The van der Waals surface area contributed by atoms with Crippen molar-refractivity contribution in [1.82, 2.24) is 4.98 Å². The molecule has 1 heteroatoms. The fraction of sp³-hybridized carbons (Fsp3) is 0.400. The van der Waals surface area contributed by atoms with Crippen molar-refractivity contribution in [2.45, 2.75) is 65.2 Å². The number of hydrogen-bond acceptors (Lipinski definition) is 1. The maximum atomic E-state index is 4.91. The van der Waals surface area contributed by atoms with Gasteiger partial charge in [-0.15, -0.1) is 0 Å². The molecule has 1 aliphatic carbocycles. The molecule has 1 aromatic heterocycles. The second kappa shape index (κ2) is 8.49. The normalized spacial score (nSPS) is 14.4. The molecule has 1 heterocycles. The lowest BCUT2D eigenvalue weighted by atomic mass is 9.84. The van der Waals surface area contributed by atoms with E-state index in [9.17, 15) is 0 Å².